The summed E-state index contributed by atoms with van der Waals surface area (Å²) in [6, 6.07) is 14.0. The first-order valence-corrected chi connectivity index (χ1v) is 9.32. The van der Waals surface area contributed by atoms with E-state index in [1.807, 2.05) is 42.5 Å². The number of rotatable bonds is 2. The lowest BCUT2D eigenvalue weighted by Gasteiger charge is -2.37. The molecule has 2 amide bonds. The summed E-state index contributed by atoms with van der Waals surface area (Å²) in [5.74, 6) is 1.11. The van der Waals surface area contributed by atoms with Gasteiger partial charge in [0.2, 0.25) is 0 Å². The van der Waals surface area contributed by atoms with Gasteiger partial charge in [-0.15, -0.1) is 0 Å². The van der Waals surface area contributed by atoms with Gasteiger partial charge in [-0.3, -0.25) is 9.59 Å². The number of hydrogen-bond acceptors (Lipinski definition) is 3. The number of carbonyl (C=O) groups excluding carboxylic acids is 2. The van der Waals surface area contributed by atoms with Gasteiger partial charge in [-0.1, -0.05) is 54.6 Å². The highest BCUT2D eigenvalue weighted by atomic mass is 16.2. The number of imide groups is 1. The van der Waals surface area contributed by atoms with Crippen LogP contribution in [0.4, 0.5) is 0 Å². The minimum Gasteiger partial charge on any atom is -0.272 e. The van der Waals surface area contributed by atoms with E-state index in [9.17, 15) is 9.59 Å². The molecule has 2 aromatic carbocycles. The largest absolute Gasteiger partial charge is 0.272 e. The molecule has 1 saturated heterocycles. The first-order valence-electron chi connectivity index (χ1n) is 9.32. The maximum atomic E-state index is 12.9. The lowest BCUT2D eigenvalue weighted by molar-refractivity contribution is -0.140. The number of nitrogens with zero attached hydrogens (tertiary/aromatic N) is 2. The molecular formula is C22H18N2O2. The highest BCUT2D eigenvalue weighted by Crippen LogP contribution is 2.65. The van der Waals surface area contributed by atoms with Gasteiger partial charge in [0.15, 0.2) is 0 Å². The fraction of sp³-hybridized carbons (Fsp3) is 0.318. The Hall–Kier alpha value is -2.75. The van der Waals surface area contributed by atoms with Crippen LogP contribution < -0.4 is 0 Å². The third kappa shape index (κ3) is 1.77. The van der Waals surface area contributed by atoms with Crippen LogP contribution in [0.3, 0.4) is 0 Å². The van der Waals surface area contributed by atoms with E-state index in [0.717, 1.165) is 21.3 Å². The average molecular weight is 342 g/mol. The van der Waals surface area contributed by atoms with Crippen LogP contribution in [-0.4, -0.2) is 23.0 Å². The quantitative estimate of drug-likeness (QED) is 0.478. The van der Waals surface area contributed by atoms with Crippen LogP contribution in [0.15, 0.2) is 59.7 Å². The van der Waals surface area contributed by atoms with Gasteiger partial charge in [-0.05, 0) is 40.9 Å². The van der Waals surface area contributed by atoms with Crippen molar-refractivity contribution in [3.05, 3.63) is 60.2 Å². The SMILES string of the molecule is O=C1[C@@H]2[C@@H]3C=C[C@H]([C@@H]4C[C@H]34)[C@@H]2C(=O)N1/N=C\c1cccc2ccccc12. The second-order valence-electron chi connectivity index (χ2n) is 7.96. The number of hydrogen-bond donors (Lipinski definition) is 0. The second kappa shape index (κ2) is 4.91. The summed E-state index contributed by atoms with van der Waals surface area (Å²) in [6.45, 7) is 0. The van der Waals surface area contributed by atoms with Crippen molar-refractivity contribution in [1.82, 2.24) is 5.01 Å². The maximum Gasteiger partial charge on any atom is 0.254 e. The number of benzene rings is 2. The van der Waals surface area contributed by atoms with Crippen molar-refractivity contribution >= 4 is 28.8 Å². The molecule has 0 N–H and O–H groups in total. The molecule has 2 bridgehead atoms. The predicted molar refractivity (Wildman–Crippen MR) is 98.1 cm³/mol. The van der Waals surface area contributed by atoms with E-state index in [-0.39, 0.29) is 35.5 Å². The summed E-state index contributed by atoms with van der Waals surface area (Å²) < 4.78 is 0. The molecule has 0 spiro atoms. The molecule has 1 heterocycles. The van der Waals surface area contributed by atoms with Gasteiger partial charge >= 0.3 is 0 Å². The third-order valence-electron chi connectivity index (χ3n) is 6.78. The molecule has 3 fully saturated rings. The van der Waals surface area contributed by atoms with E-state index in [2.05, 4.69) is 17.3 Å². The second-order valence-corrected chi connectivity index (χ2v) is 7.96. The molecule has 2 saturated carbocycles. The molecule has 2 aromatic rings. The van der Waals surface area contributed by atoms with Crippen molar-refractivity contribution in [2.45, 2.75) is 6.42 Å². The standard InChI is InChI=1S/C22H18N2O2/c25-21-19-15-8-9-16(18-10-17(15)18)20(19)22(26)24(21)23-11-13-6-3-5-12-4-1-2-7-14(12)13/h1-9,11,15-20H,10H2/b23-11-/t15-,16-,17-,18+,19-,20+/m1/s1. The Labute approximate surface area is 151 Å². The topological polar surface area (TPSA) is 49.7 Å². The monoisotopic (exact) mass is 342 g/mol. The van der Waals surface area contributed by atoms with E-state index in [4.69, 9.17) is 0 Å². The summed E-state index contributed by atoms with van der Waals surface area (Å²) in [7, 11) is 0. The zero-order valence-corrected chi connectivity index (χ0v) is 14.2. The first kappa shape index (κ1) is 14.4. The summed E-state index contributed by atoms with van der Waals surface area (Å²) in [5, 5.41) is 7.68. The third-order valence-corrected chi connectivity index (χ3v) is 6.78. The first-order chi connectivity index (χ1) is 12.7. The zero-order valence-electron chi connectivity index (χ0n) is 14.2. The van der Waals surface area contributed by atoms with Gasteiger partial charge in [0.1, 0.15) is 0 Å². The Morgan fingerprint density at radius 2 is 1.54 bits per heavy atom. The lowest BCUT2D eigenvalue weighted by atomic mass is 9.63. The van der Waals surface area contributed by atoms with Gasteiger partial charge in [-0.25, -0.2) is 0 Å². The van der Waals surface area contributed by atoms with Crippen molar-refractivity contribution in [3.8, 4) is 0 Å². The summed E-state index contributed by atoms with van der Waals surface area (Å²) in [4.78, 5) is 25.9. The molecule has 0 radical (unpaired) electrons. The van der Waals surface area contributed by atoms with Crippen LogP contribution in [0.25, 0.3) is 10.8 Å². The van der Waals surface area contributed by atoms with Gasteiger partial charge in [0, 0.05) is 5.56 Å². The van der Waals surface area contributed by atoms with Crippen LogP contribution in [0.1, 0.15) is 12.0 Å². The summed E-state index contributed by atoms with van der Waals surface area (Å²) >= 11 is 0. The Morgan fingerprint density at radius 1 is 0.885 bits per heavy atom. The Bertz CT molecular complexity index is 982. The van der Waals surface area contributed by atoms with E-state index < -0.39 is 0 Å². The molecule has 4 heteroatoms. The van der Waals surface area contributed by atoms with Gasteiger partial charge in [0.25, 0.3) is 11.8 Å². The smallest absolute Gasteiger partial charge is 0.254 e. The molecule has 4 nitrogen and oxygen atoms in total. The molecule has 7 rings (SSSR count). The summed E-state index contributed by atoms with van der Waals surface area (Å²) in [6.07, 6.45) is 7.20. The molecule has 1 aliphatic heterocycles. The highest BCUT2D eigenvalue weighted by Gasteiger charge is 2.67. The van der Waals surface area contributed by atoms with E-state index in [0.29, 0.717) is 11.8 Å². The number of allylic oxidation sites excluding steroid dienone is 2. The molecule has 0 unspecified atom stereocenters. The van der Waals surface area contributed by atoms with E-state index in [1.165, 1.54) is 6.42 Å². The van der Waals surface area contributed by atoms with Gasteiger partial charge in [0.05, 0.1) is 18.1 Å². The number of amides is 2. The van der Waals surface area contributed by atoms with Crippen molar-refractivity contribution < 1.29 is 9.59 Å². The molecule has 4 aliphatic carbocycles. The van der Waals surface area contributed by atoms with Crippen molar-refractivity contribution in [1.29, 1.82) is 0 Å². The van der Waals surface area contributed by atoms with Gasteiger partial charge in [-0.2, -0.15) is 10.1 Å². The molecule has 5 aliphatic rings. The maximum absolute atomic E-state index is 12.9. The molecule has 26 heavy (non-hydrogen) atoms. The van der Waals surface area contributed by atoms with E-state index >= 15 is 0 Å². The van der Waals surface area contributed by atoms with Crippen molar-refractivity contribution in [3.63, 3.8) is 0 Å². The lowest BCUT2D eigenvalue weighted by Crippen LogP contribution is -2.40. The predicted octanol–water partition coefficient (Wildman–Crippen LogP) is 3.23. The zero-order chi connectivity index (χ0) is 17.4. The van der Waals surface area contributed by atoms with Gasteiger partial charge < -0.3 is 0 Å². The van der Waals surface area contributed by atoms with Crippen molar-refractivity contribution in [2.75, 3.05) is 0 Å². The molecule has 0 aromatic heterocycles. The van der Waals surface area contributed by atoms with Crippen LogP contribution in [-0.2, 0) is 9.59 Å². The van der Waals surface area contributed by atoms with Crippen LogP contribution in [0.5, 0.6) is 0 Å². The molecule has 6 atom stereocenters. The van der Waals surface area contributed by atoms with Crippen LogP contribution in [0.2, 0.25) is 0 Å². The Balaban J connectivity index is 1.36. The number of hydrazone groups is 1. The van der Waals surface area contributed by atoms with Crippen LogP contribution >= 0.6 is 0 Å². The fourth-order valence-corrected chi connectivity index (χ4v) is 5.54. The van der Waals surface area contributed by atoms with Crippen molar-refractivity contribution in [2.24, 2.45) is 40.6 Å². The van der Waals surface area contributed by atoms with Crippen LogP contribution in [0, 0.1) is 35.5 Å². The molecular weight excluding hydrogens is 324 g/mol. The van der Waals surface area contributed by atoms with E-state index in [1.54, 1.807) is 6.21 Å². The minimum absolute atomic E-state index is 0.110. The summed E-state index contributed by atoms with van der Waals surface area (Å²) in [5.41, 5.74) is 0.919. The minimum atomic E-state index is -0.189. The molecule has 128 valence electrons. The Morgan fingerprint density at radius 3 is 2.27 bits per heavy atom. The number of fused-ring (bicyclic) bond motifs is 1. The highest BCUT2D eigenvalue weighted by molar-refractivity contribution is 6.07. The number of carbonyl (C=O) groups is 2. The fourth-order valence-electron chi connectivity index (χ4n) is 5.54. The Kier molecular flexibility index (Phi) is 2.72. The average Bonchev–Trinajstić information content (AvgIpc) is 3.45. The normalized spacial score (nSPS) is 36.8.